The van der Waals surface area contributed by atoms with E-state index >= 15 is 0 Å². The van der Waals surface area contributed by atoms with Crippen LogP contribution in [0.15, 0.2) is 35.9 Å². The van der Waals surface area contributed by atoms with E-state index in [4.69, 9.17) is 0 Å². The van der Waals surface area contributed by atoms with E-state index < -0.39 is 6.61 Å². The summed E-state index contributed by atoms with van der Waals surface area (Å²) in [5.74, 6) is 1.80. The third-order valence-electron chi connectivity index (χ3n) is 2.94. The predicted molar refractivity (Wildman–Crippen MR) is 77.9 cm³/mol. The van der Waals surface area contributed by atoms with Crippen molar-refractivity contribution < 1.29 is 13.5 Å². The van der Waals surface area contributed by atoms with Gasteiger partial charge < -0.3 is 4.74 Å². The molecule has 110 valence electrons. The van der Waals surface area contributed by atoms with Gasteiger partial charge in [0.2, 0.25) is 0 Å². The zero-order valence-electron chi connectivity index (χ0n) is 11.2. The smallest absolute Gasteiger partial charge is 0.387 e. The average molecular weight is 300 g/mol. The highest BCUT2D eigenvalue weighted by molar-refractivity contribution is 7.98. The summed E-state index contributed by atoms with van der Waals surface area (Å²) in [7, 11) is 1.84. The molecule has 0 amide bonds. The number of nitrogens with one attached hydrogen (secondary N) is 2. The summed E-state index contributed by atoms with van der Waals surface area (Å²) < 4.78 is 29.1. The van der Waals surface area contributed by atoms with Crippen LogP contribution in [0, 0.1) is 0 Å². The molecule has 0 bridgehead atoms. The maximum atomic E-state index is 12.3. The van der Waals surface area contributed by atoms with Gasteiger partial charge in [-0.15, -0.1) is 0 Å². The lowest BCUT2D eigenvalue weighted by atomic mass is 10.2. The number of benzene rings is 1. The van der Waals surface area contributed by atoms with Crippen molar-refractivity contribution in [2.45, 2.75) is 24.8 Å². The van der Waals surface area contributed by atoms with Crippen LogP contribution in [-0.2, 0) is 5.75 Å². The average Bonchev–Trinajstić information content (AvgIpc) is 3.23. The predicted octanol–water partition coefficient (Wildman–Crippen LogP) is 2.94. The van der Waals surface area contributed by atoms with Gasteiger partial charge in [-0.2, -0.15) is 20.5 Å². The van der Waals surface area contributed by atoms with E-state index in [1.54, 1.807) is 23.9 Å². The first-order valence-electron chi connectivity index (χ1n) is 6.42. The molecule has 1 aliphatic carbocycles. The number of para-hydroxylation sites is 1. The Hall–Kier alpha value is -1.11. The van der Waals surface area contributed by atoms with Gasteiger partial charge in [0.15, 0.2) is 0 Å². The van der Waals surface area contributed by atoms with Crippen molar-refractivity contribution in [1.82, 2.24) is 10.9 Å². The lowest BCUT2D eigenvalue weighted by Crippen LogP contribution is -2.39. The Labute approximate surface area is 121 Å². The fourth-order valence-corrected chi connectivity index (χ4v) is 2.99. The Bertz CT molecular complexity index is 468. The molecule has 2 N–H and O–H groups in total. The molecule has 0 heterocycles. The summed E-state index contributed by atoms with van der Waals surface area (Å²) in [6.45, 7) is -2.78. The topological polar surface area (TPSA) is 33.3 Å². The van der Waals surface area contributed by atoms with E-state index in [0.717, 1.165) is 17.7 Å². The lowest BCUT2D eigenvalue weighted by Gasteiger charge is -2.16. The minimum absolute atomic E-state index is 0.263. The Morgan fingerprint density at radius 2 is 2.10 bits per heavy atom. The van der Waals surface area contributed by atoms with Crippen molar-refractivity contribution >= 4 is 11.8 Å². The van der Waals surface area contributed by atoms with E-state index in [1.807, 2.05) is 19.2 Å². The number of halogens is 2. The van der Waals surface area contributed by atoms with Crippen molar-refractivity contribution in [3.05, 3.63) is 41.5 Å². The summed E-state index contributed by atoms with van der Waals surface area (Å²) in [5.41, 5.74) is 8.32. The number of rotatable bonds is 9. The molecule has 0 saturated heterocycles. The normalized spacial score (nSPS) is 15.1. The highest BCUT2D eigenvalue weighted by Gasteiger charge is 2.19. The van der Waals surface area contributed by atoms with Gasteiger partial charge in [0.05, 0.1) is 6.04 Å². The second kappa shape index (κ2) is 7.61. The van der Waals surface area contributed by atoms with Crippen molar-refractivity contribution in [2.75, 3.05) is 12.8 Å². The molecule has 0 radical (unpaired) electrons. The van der Waals surface area contributed by atoms with Crippen LogP contribution >= 0.6 is 11.8 Å². The molecule has 0 saturated carbocycles. The van der Waals surface area contributed by atoms with Gasteiger partial charge >= 0.3 is 6.61 Å². The minimum Gasteiger partial charge on any atom is -0.435 e. The largest absolute Gasteiger partial charge is 0.435 e. The zero-order valence-corrected chi connectivity index (χ0v) is 12.1. The minimum atomic E-state index is -2.78. The van der Waals surface area contributed by atoms with Crippen LogP contribution in [0.2, 0.25) is 0 Å². The summed E-state index contributed by atoms with van der Waals surface area (Å²) in [6.07, 6.45) is 3.24. The number of hydrazine groups is 1. The fourth-order valence-electron chi connectivity index (χ4n) is 1.88. The van der Waals surface area contributed by atoms with Crippen LogP contribution in [0.5, 0.6) is 5.75 Å². The first-order valence-corrected chi connectivity index (χ1v) is 7.58. The van der Waals surface area contributed by atoms with Crippen LogP contribution in [-0.4, -0.2) is 25.5 Å². The summed E-state index contributed by atoms with van der Waals surface area (Å²) in [6, 6.07) is 7.23. The van der Waals surface area contributed by atoms with Gasteiger partial charge in [-0.25, -0.2) is 0 Å². The van der Waals surface area contributed by atoms with Gasteiger partial charge in [0.25, 0.3) is 0 Å². The molecule has 0 aromatic heterocycles. The summed E-state index contributed by atoms with van der Waals surface area (Å²) in [4.78, 5) is 0. The number of alkyl halides is 2. The number of hydrogen-bond acceptors (Lipinski definition) is 4. The monoisotopic (exact) mass is 300 g/mol. The van der Waals surface area contributed by atoms with E-state index in [1.165, 1.54) is 5.57 Å². The highest BCUT2D eigenvalue weighted by atomic mass is 32.2. The van der Waals surface area contributed by atoms with Gasteiger partial charge in [0, 0.05) is 17.1 Å². The second-order valence-corrected chi connectivity index (χ2v) is 5.46. The molecule has 0 fully saturated rings. The maximum absolute atomic E-state index is 12.3. The summed E-state index contributed by atoms with van der Waals surface area (Å²) in [5, 5.41) is 0. The van der Waals surface area contributed by atoms with Gasteiger partial charge in [0.1, 0.15) is 5.75 Å². The Morgan fingerprint density at radius 1 is 1.35 bits per heavy atom. The SMILES string of the molecule is CNNC(CSCc1ccccc1OC(F)F)C1=CC1. The number of hydrogen-bond donors (Lipinski definition) is 2. The second-order valence-electron chi connectivity index (χ2n) is 4.43. The van der Waals surface area contributed by atoms with E-state index in [-0.39, 0.29) is 5.75 Å². The van der Waals surface area contributed by atoms with Gasteiger partial charge in [-0.05, 0) is 19.5 Å². The molecule has 1 unspecified atom stereocenters. The highest BCUT2D eigenvalue weighted by Crippen LogP contribution is 2.28. The van der Waals surface area contributed by atoms with Crippen molar-refractivity contribution in [1.29, 1.82) is 0 Å². The molecule has 1 aromatic carbocycles. The Kier molecular flexibility index (Phi) is 5.82. The van der Waals surface area contributed by atoms with Gasteiger partial charge in [-0.1, -0.05) is 29.8 Å². The molecule has 1 aliphatic rings. The van der Waals surface area contributed by atoms with Crippen LogP contribution in [0.4, 0.5) is 8.78 Å². The molecule has 1 aromatic rings. The molecule has 3 nitrogen and oxygen atoms in total. The number of ether oxygens (including phenoxy) is 1. The van der Waals surface area contributed by atoms with Crippen LogP contribution in [0.25, 0.3) is 0 Å². The van der Waals surface area contributed by atoms with Crippen LogP contribution in [0.3, 0.4) is 0 Å². The molecule has 20 heavy (non-hydrogen) atoms. The van der Waals surface area contributed by atoms with Crippen molar-refractivity contribution in [3.8, 4) is 5.75 Å². The molecular weight excluding hydrogens is 282 g/mol. The van der Waals surface area contributed by atoms with E-state index in [0.29, 0.717) is 11.8 Å². The fraction of sp³-hybridized carbons (Fsp3) is 0.429. The van der Waals surface area contributed by atoms with E-state index in [2.05, 4.69) is 21.7 Å². The third kappa shape index (κ3) is 4.77. The van der Waals surface area contributed by atoms with E-state index in [9.17, 15) is 8.78 Å². The van der Waals surface area contributed by atoms with Crippen LogP contribution in [0.1, 0.15) is 12.0 Å². The number of allylic oxidation sites excluding steroid dienone is 1. The van der Waals surface area contributed by atoms with Crippen molar-refractivity contribution in [3.63, 3.8) is 0 Å². The molecular formula is C14H18F2N2OS. The summed E-state index contributed by atoms with van der Waals surface area (Å²) >= 11 is 1.70. The van der Waals surface area contributed by atoms with Gasteiger partial charge in [-0.3, -0.25) is 10.9 Å². The number of thioether (sulfide) groups is 1. The Morgan fingerprint density at radius 3 is 2.75 bits per heavy atom. The standard InChI is InChI=1S/C14H18F2N2OS/c1-17-18-12(10-6-7-10)9-20-8-11-4-2-3-5-13(11)19-14(15)16/h2-6,12,14,17-18H,7-9H2,1H3. The third-order valence-corrected chi connectivity index (χ3v) is 4.02. The first kappa shape index (κ1) is 15.3. The molecule has 0 aliphatic heterocycles. The molecule has 6 heteroatoms. The van der Waals surface area contributed by atoms with Crippen molar-refractivity contribution in [2.24, 2.45) is 0 Å². The zero-order chi connectivity index (χ0) is 14.4. The molecule has 2 rings (SSSR count). The molecule has 1 atom stereocenters. The first-order chi connectivity index (χ1) is 9.70. The quantitative estimate of drug-likeness (QED) is 0.543. The maximum Gasteiger partial charge on any atom is 0.387 e. The molecule has 0 spiro atoms. The Balaban J connectivity index is 1.85. The van der Waals surface area contributed by atoms with Crippen LogP contribution < -0.4 is 15.6 Å². The lowest BCUT2D eigenvalue weighted by molar-refractivity contribution is -0.0503.